The van der Waals surface area contributed by atoms with Gasteiger partial charge in [0.25, 0.3) is 5.82 Å². The molecule has 3 aromatic rings. The van der Waals surface area contributed by atoms with Gasteiger partial charge in [-0.3, -0.25) is 0 Å². The van der Waals surface area contributed by atoms with Crippen molar-refractivity contribution in [3.8, 4) is 0 Å². The van der Waals surface area contributed by atoms with Crippen molar-refractivity contribution in [2.75, 3.05) is 23.3 Å². The SMILES string of the molecule is FC(F)(F)c1nnc2ccc(N3CCNc4ccccc4C3)nn12. The molecule has 4 rings (SSSR count). The van der Waals surface area contributed by atoms with Gasteiger partial charge in [0.05, 0.1) is 0 Å². The highest BCUT2D eigenvalue weighted by Gasteiger charge is 2.37. The molecule has 0 unspecified atom stereocenters. The van der Waals surface area contributed by atoms with Crippen LogP contribution in [-0.4, -0.2) is 32.9 Å². The number of hydrogen-bond acceptors (Lipinski definition) is 5. The summed E-state index contributed by atoms with van der Waals surface area (Å²) >= 11 is 0. The van der Waals surface area contributed by atoms with E-state index in [1.807, 2.05) is 29.2 Å². The fourth-order valence-electron chi connectivity index (χ4n) is 2.76. The van der Waals surface area contributed by atoms with Crippen molar-refractivity contribution in [1.29, 1.82) is 0 Å². The van der Waals surface area contributed by atoms with Crippen LogP contribution in [0.2, 0.25) is 0 Å². The van der Waals surface area contributed by atoms with Crippen LogP contribution in [-0.2, 0) is 12.7 Å². The largest absolute Gasteiger partial charge is 0.453 e. The molecule has 2 aromatic heterocycles. The Bertz CT molecular complexity index is 888. The Kier molecular flexibility index (Phi) is 3.29. The minimum Gasteiger partial charge on any atom is -0.383 e. The zero-order valence-corrected chi connectivity index (χ0v) is 12.5. The summed E-state index contributed by atoms with van der Waals surface area (Å²) in [6.07, 6.45) is -4.60. The summed E-state index contributed by atoms with van der Waals surface area (Å²) in [7, 11) is 0. The fraction of sp³-hybridized carbons (Fsp3) is 0.267. The van der Waals surface area contributed by atoms with Gasteiger partial charge in [0.15, 0.2) is 5.65 Å². The zero-order chi connectivity index (χ0) is 16.7. The Morgan fingerprint density at radius 2 is 1.88 bits per heavy atom. The van der Waals surface area contributed by atoms with Crippen LogP contribution in [0, 0.1) is 0 Å². The lowest BCUT2D eigenvalue weighted by Crippen LogP contribution is -2.27. The number of alkyl halides is 3. The number of para-hydroxylation sites is 1. The lowest BCUT2D eigenvalue weighted by molar-refractivity contribution is -0.146. The topological polar surface area (TPSA) is 58.4 Å². The van der Waals surface area contributed by atoms with E-state index >= 15 is 0 Å². The second-order valence-corrected chi connectivity index (χ2v) is 5.49. The minimum absolute atomic E-state index is 0.0689. The number of hydrogen-bond donors (Lipinski definition) is 1. The van der Waals surface area contributed by atoms with Crippen LogP contribution >= 0.6 is 0 Å². The van der Waals surface area contributed by atoms with Gasteiger partial charge >= 0.3 is 6.18 Å². The number of halogens is 3. The normalized spacial score (nSPS) is 15.0. The molecule has 0 saturated heterocycles. The van der Waals surface area contributed by atoms with Crippen molar-refractivity contribution in [2.45, 2.75) is 12.7 Å². The van der Waals surface area contributed by atoms with E-state index in [0.717, 1.165) is 15.8 Å². The van der Waals surface area contributed by atoms with E-state index in [2.05, 4.69) is 20.6 Å². The second kappa shape index (κ2) is 5.36. The van der Waals surface area contributed by atoms with Crippen LogP contribution < -0.4 is 10.2 Å². The molecular formula is C15H13F3N6. The molecule has 0 aliphatic carbocycles. The third kappa shape index (κ3) is 2.51. The summed E-state index contributed by atoms with van der Waals surface area (Å²) in [6.45, 7) is 1.85. The molecule has 0 spiro atoms. The number of anilines is 2. The van der Waals surface area contributed by atoms with Gasteiger partial charge in [0.2, 0.25) is 0 Å². The molecule has 0 amide bonds. The van der Waals surface area contributed by atoms with Crippen molar-refractivity contribution in [1.82, 2.24) is 19.8 Å². The predicted molar refractivity (Wildman–Crippen MR) is 81.8 cm³/mol. The smallest absolute Gasteiger partial charge is 0.383 e. The van der Waals surface area contributed by atoms with Crippen molar-refractivity contribution in [2.24, 2.45) is 0 Å². The summed E-state index contributed by atoms with van der Waals surface area (Å²) in [5.41, 5.74) is 2.16. The highest BCUT2D eigenvalue weighted by molar-refractivity contribution is 5.55. The van der Waals surface area contributed by atoms with E-state index < -0.39 is 12.0 Å². The molecule has 1 aliphatic rings. The standard InChI is InChI=1S/C15H13F3N6/c16-15(17,18)14-21-20-12-5-6-13(22-24(12)14)23-8-7-19-11-4-2-1-3-10(11)9-23/h1-6,19H,7-9H2. The highest BCUT2D eigenvalue weighted by Crippen LogP contribution is 2.28. The average Bonchev–Trinajstić information content (AvgIpc) is 2.86. The van der Waals surface area contributed by atoms with Crippen molar-refractivity contribution in [3.05, 3.63) is 47.8 Å². The predicted octanol–water partition coefficient (Wildman–Crippen LogP) is 2.58. The Labute approximate surface area is 134 Å². The maximum atomic E-state index is 13.0. The van der Waals surface area contributed by atoms with E-state index in [1.165, 1.54) is 6.07 Å². The van der Waals surface area contributed by atoms with E-state index in [4.69, 9.17) is 0 Å². The molecule has 1 aliphatic heterocycles. The van der Waals surface area contributed by atoms with E-state index in [1.54, 1.807) is 6.07 Å². The first-order valence-corrected chi connectivity index (χ1v) is 7.39. The van der Waals surface area contributed by atoms with Crippen molar-refractivity contribution < 1.29 is 13.2 Å². The average molecular weight is 334 g/mol. The molecule has 0 fully saturated rings. The first-order valence-electron chi connectivity index (χ1n) is 7.39. The minimum atomic E-state index is -4.60. The lowest BCUT2D eigenvalue weighted by atomic mass is 10.2. The van der Waals surface area contributed by atoms with Crippen LogP contribution in [0.15, 0.2) is 36.4 Å². The van der Waals surface area contributed by atoms with Gasteiger partial charge in [0.1, 0.15) is 5.82 Å². The van der Waals surface area contributed by atoms with Gasteiger partial charge in [0, 0.05) is 25.3 Å². The van der Waals surface area contributed by atoms with E-state index in [0.29, 0.717) is 25.5 Å². The summed E-state index contributed by atoms with van der Waals surface area (Å²) < 4.78 is 39.8. The Hall–Kier alpha value is -2.84. The zero-order valence-electron chi connectivity index (χ0n) is 12.5. The van der Waals surface area contributed by atoms with Gasteiger partial charge in [-0.1, -0.05) is 18.2 Å². The molecule has 0 atom stereocenters. The molecule has 1 aromatic carbocycles. The molecule has 0 radical (unpaired) electrons. The second-order valence-electron chi connectivity index (χ2n) is 5.49. The maximum absolute atomic E-state index is 13.0. The molecule has 24 heavy (non-hydrogen) atoms. The maximum Gasteiger partial charge on any atom is 0.453 e. The Balaban J connectivity index is 1.74. The van der Waals surface area contributed by atoms with Gasteiger partial charge in [-0.2, -0.15) is 17.7 Å². The number of fused-ring (bicyclic) bond motifs is 2. The molecule has 1 N–H and O–H groups in total. The first kappa shape index (κ1) is 14.7. The molecule has 0 saturated carbocycles. The van der Waals surface area contributed by atoms with Crippen LogP contribution in [0.1, 0.15) is 11.4 Å². The molecule has 9 heteroatoms. The first-order chi connectivity index (χ1) is 11.5. The quantitative estimate of drug-likeness (QED) is 0.741. The van der Waals surface area contributed by atoms with Crippen molar-refractivity contribution in [3.63, 3.8) is 0 Å². The van der Waals surface area contributed by atoms with Gasteiger partial charge in [-0.15, -0.1) is 15.3 Å². The van der Waals surface area contributed by atoms with Crippen molar-refractivity contribution >= 4 is 17.2 Å². The summed E-state index contributed by atoms with van der Waals surface area (Å²) in [5, 5.41) is 14.1. The Morgan fingerprint density at radius 1 is 1.04 bits per heavy atom. The number of aromatic nitrogens is 4. The third-order valence-corrected chi connectivity index (χ3v) is 3.90. The fourth-order valence-corrected chi connectivity index (χ4v) is 2.76. The number of benzene rings is 1. The number of rotatable bonds is 1. The Morgan fingerprint density at radius 3 is 2.71 bits per heavy atom. The van der Waals surface area contributed by atoms with E-state index in [9.17, 15) is 13.2 Å². The van der Waals surface area contributed by atoms with E-state index in [-0.39, 0.29) is 5.65 Å². The third-order valence-electron chi connectivity index (χ3n) is 3.90. The van der Waals surface area contributed by atoms with Gasteiger partial charge in [-0.25, -0.2) is 0 Å². The van der Waals surface area contributed by atoms with Gasteiger partial charge < -0.3 is 10.2 Å². The van der Waals surface area contributed by atoms with Gasteiger partial charge in [-0.05, 0) is 23.8 Å². The molecule has 124 valence electrons. The molecular weight excluding hydrogens is 321 g/mol. The molecule has 0 bridgehead atoms. The highest BCUT2D eigenvalue weighted by atomic mass is 19.4. The lowest BCUT2D eigenvalue weighted by Gasteiger charge is -2.21. The number of nitrogens with zero attached hydrogens (tertiary/aromatic N) is 5. The monoisotopic (exact) mass is 334 g/mol. The summed E-state index contributed by atoms with van der Waals surface area (Å²) in [4.78, 5) is 1.93. The summed E-state index contributed by atoms with van der Waals surface area (Å²) in [6, 6.07) is 11.0. The van der Waals surface area contributed by atoms with Crippen LogP contribution in [0.5, 0.6) is 0 Å². The number of nitrogens with one attached hydrogen (secondary N) is 1. The summed E-state index contributed by atoms with van der Waals surface area (Å²) in [5.74, 6) is -0.668. The van der Waals surface area contributed by atoms with Crippen LogP contribution in [0.3, 0.4) is 0 Å². The molecule has 3 heterocycles. The van der Waals surface area contributed by atoms with Crippen LogP contribution in [0.4, 0.5) is 24.7 Å². The molecule has 6 nitrogen and oxygen atoms in total. The van der Waals surface area contributed by atoms with Crippen LogP contribution in [0.25, 0.3) is 5.65 Å².